The first-order valence-corrected chi connectivity index (χ1v) is 8.18. The second-order valence-electron chi connectivity index (χ2n) is 6.78. The summed E-state index contributed by atoms with van der Waals surface area (Å²) in [6.45, 7) is 0.214. The fourth-order valence-corrected chi connectivity index (χ4v) is 4.17. The Morgan fingerprint density at radius 2 is 1.55 bits per heavy atom. The molecule has 2 aliphatic carbocycles. The van der Waals surface area contributed by atoms with Gasteiger partial charge in [0, 0.05) is 10.7 Å². The van der Waals surface area contributed by atoms with Crippen LogP contribution in [0.2, 0.25) is 5.02 Å². The van der Waals surface area contributed by atoms with Crippen LogP contribution >= 0.6 is 11.6 Å². The quantitative estimate of drug-likeness (QED) is 0.852. The van der Waals surface area contributed by atoms with Gasteiger partial charge in [0.25, 0.3) is 0 Å². The second kappa shape index (κ2) is 5.57. The largest absolute Gasteiger partial charge is 0.394 e. The molecule has 0 aliphatic heterocycles. The predicted octanol–water partition coefficient (Wildman–Crippen LogP) is 4.62. The third-order valence-corrected chi connectivity index (χ3v) is 5.74. The van der Waals surface area contributed by atoms with Crippen LogP contribution < -0.4 is 5.32 Å². The van der Waals surface area contributed by atoms with Crippen molar-refractivity contribution in [2.45, 2.75) is 56.9 Å². The van der Waals surface area contributed by atoms with Crippen molar-refractivity contribution < 1.29 is 5.11 Å². The molecule has 0 aromatic heterocycles. The van der Waals surface area contributed by atoms with Crippen LogP contribution in [0.3, 0.4) is 0 Å². The lowest BCUT2D eigenvalue weighted by Gasteiger charge is -2.45. The highest BCUT2D eigenvalue weighted by molar-refractivity contribution is 6.30. The minimum absolute atomic E-state index is 0.137. The van der Waals surface area contributed by atoms with Crippen LogP contribution in [0.15, 0.2) is 24.3 Å². The number of aliphatic hydroxyl groups excluding tert-OH is 1. The average Bonchev–Trinajstić information content (AvgIpc) is 2.93. The highest BCUT2D eigenvalue weighted by Crippen LogP contribution is 2.51. The first kappa shape index (κ1) is 14.2. The Labute approximate surface area is 126 Å². The van der Waals surface area contributed by atoms with Crippen molar-refractivity contribution in [3.8, 4) is 0 Å². The van der Waals surface area contributed by atoms with Gasteiger partial charge < -0.3 is 10.4 Å². The molecule has 0 saturated heterocycles. The molecule has 3 heteroatoms. The molecule has 0 amide bonds. The number of benzene rings is 1. The molecule has 2 fully saturated rings. The Morgan fingerprint density at radius 3 is 2.10 bits per heavy atom. The van der Waals surface area contributed by atoms with E-state index in [4.69, 9.17) is 11.6 Å². The van der Waals surface area contributed by atoms with E-state index < -0.39 is 0 Å². The van der Waals surface area contributed by atoms with Crippen molar-refractivity contribution in [3.05, 3.63) is 29.3 Å². The molecule has 1 aromatic rings. The zero-order valence-corrected chi connectivity index (χ0v) is 12.8. The van der Waals surface area contributed by atoms with Crippen molar-refractivity contribution in [3.63, 3.8) is 0 Å². The van der Waals surface area contributed by atoms with E-state index in [1.165, 1.54) is 38.5 Å². The zero-order chi connectivity index (χ0) is 14.1. The Bertz CT molecular complexity index is 441. The van der Waals surface area contributed by atoms with E-state index in [1.54, 1.807) is 0 Å². The maximum Gasteiger partial charge on any atom is 0.0661 e. The molecular weight excluding hydrogens is 270 g/mol. The van der Waals surface area contributed by atoms with Crippen molar-refractivity contribution in [2.24, 2.45) is 5.41 Å². The van der Waals surface area contributed by atoms with Gasteiger partial charge in [0.1, 0.15) is 0 Å². The fraction of sp³-hybridized carbons (Fsp3) is 0.647. The average molecular weight is 294 g/mol. The van der Waals surface area contributed by atoms with Crippen molar-refractivity contribution in [2.75, 3.05) is 11.9 Å². The van der Waals surface area contributed by atoms with Gasteiger partial charge >= 0.3 is 0 Å². The van der Waals surface area contributed by atoms with Crippen LogP contribution in [-0.2, 0) is 0 Å². The van der Waals surface area contributed by atoms with E-state index in [2.05, 4.69) is 5.32 Å². The summed E-state index contributed by atoms with van der Waals surface area (Å²) in [5.74, 6) is 0. The van der Waals surface area contributed by atoms with Gasteiger partial charge in [-0.05, 0) is 68.2 Å². The molecule has 2 N–H and O–H groups in total. The molecular formula is C17H24ClNO. The molecule has 1 aromatic carbocycles. The summed E-state index contributed by atoms with van der Waals surface area (Å²) in [5, 5.41) is 14.2. The third kappa shape index (κ3) is 2.82. The first-order valence-electron chi connectivity index (χ1n) is 7.80. The van der Waals surface area contributed by atoms with Gasteiger partial charge in [-0.15, -0.1) is 0 Å². The molecule has 2 aliphatic rings. The molecule has 2 saturated carbocycles. The van der Waals surface area contributed by atoms with Crippen LogP contribution in [0.5, 0.6) is 0 Å². The monoisotopic (exact) mass is 293 g/mol. The Morgan fingerprint density at radius 1 is 0.950 bits per heavy atom. The molecule has 0 bridgehead atoms. The lowest BCUT2D eigenvalue weighted by Crippen LogP contribution is -2.47. The molecule has 1 spiro atoms. The Balaban J connectivity index is 1.68. The molecule has 0 unspecified atom stereocenters. The number of hydrogen-bond acceptors (Lipinski definition) is 2. The Kier molecular flexibility index (Phi) is 3.96. The summed E-state index contributed by atoms with van der Waals surface area (Å²) in [7, 11) is 0. The van der Waals surface area contributed by atoms with Crippen LogP contribution in [0.25, 0.3) is 0 Å². The van der Waals surface area contributed by atoms with E-state index in [1.807, 2.05) is 24.3 Å². The normalized spacial score (nSPS) is 23.9. The van der Waals surface area contributed by atoms with Crippen LogP contribution in [-0.4, -0.2) is 17.3 Å². The van der Waals surface area contributed by atoms with Gasteiger partial charge in [-0.3, -0.25) is 0 Å². The summed E-state index contributed by atoms with van der Waals surface area (Å²) in [6.07, 6.45) is 10.3. The summed E-state index contributed by atoms with van der Waals surface area (Å²) in [4.78, 5) is 0. The molecule has 0 atom stereocenters. The molecule has 0 radical (unpaired) electrons. The van der Waals surface area contributed by atoms with Gasteiger partial charge in [0.05, 0.1) is 12.1 Å². The maximum absolute atomic E-state index is 9.90. The van der Waals surface area contributed by atoms with E-state index >= 15 is 0 Å². The van der Waals surface area contributed by atoms with E-state index in [-0.39, 0.29) is 12.1 Å². The van der Waals surface area contributed by atoms with Gasteiger partial charge in [0.15, 0.2) is 0 Å². The number of halogens is 1. The summed E-state index contributed by atoms with van der Waals surface area (Å²) in [5.41, 5.74) is 1.52. The fourth-order valence-electron chi connectivity index (χ4n) is 4.05. The lowest BCUT2D eigenvalue weighted by molar-refractivity contribution is 0.100. The third-order valence-electron chi connectivity index (χ3n) is 5.49. The van der Waals surface area contributed by atoms with E-state index in [9.17, 15) is 5.11 Å². The zero-order valence-electron chi connectivity index (χ0n) is 12.0. The minimum atomic E-state index is -0.137. The number of hydrogen-bond donors (Lipinski definition) is 2. The molecule has 20 heavy (non-hydrogen) atoms. The van der Waals surface area contributed by atoms with Gasteiger partial charge in [-0.1, -0.05) is 24.4 Å². The topological polar surface area (TPSA) is 32.3 Å². The Hall–Kier alpha value is -0.730. The van der Waals surface area contributed by atoms with Gasteiger partial charge in [-0.2, -0.15) is 0 Å². The highest BCUT2D eigenvalue weighted by Gasteiger charge is 2.43. The molecule has 110 valence electrons. The lowest BCUT2D eigenvalue weighted by atomic mass is 9.66. The standard InChI is InChI=1S/C17H24ClNO/c18-14-3-5-15(6-4-14)19-17(13-20)11-9-16(10-12-17)7-1-2-8-16/h3-6,19-20H,1-2,7-13H2. The van der Waals surface area contributed by atoms with Gasteiger partial charge in [0.2, 0.25) is 0 Å². The highest BCUT2D eigenvalue weighted by atomic mass is 35.5. The van der Waals surface area contributed by atoms with Crippen molar-refractivity contribution in [1.82, 2.24) is 0 Å². The number of nitrogens with one attached hydrogen (secondary N) is 1. The first-order chi connectivity index (χ1) is 9.65. The number of rotatable bonds is 3. The predicted molar refractivity (Wildman–Crippen MR) is 84.3 cm³/mol. The molecule has 2 nitrogen and oxygen atoms in total. The van der Waals surface area contributed by atoms with Crippen LogP contribution in [0.4, 0.5) is 5.69 Å². The molecule has 3 rings (SSSR count). The van der Waals surface area contributed by atoms with Crippen LogP contribution in [0, 0.1) is 5.41 Å². The number of aliphatic hydroxyl groups is 1. The van der Waals surface area contributed by atoms with Gasteiger partial charge in [-0.25, -0.2) is 0 Å². The molecule has 0 heterocycles. The van der Waals surface area contributed by atoms with Crippen molar-refractivity contribution >= 4 is 17.3 Å². The summed E-state index contributed by atoms with van der Waals surface area (Å²) in [6, 6.07) is 7.80. The van der Waals surface area contributed by atoms with Crippen LogP contribution in [0.1, 0.15) is 51.4 Å². The summed E-state index contributed by atoms with van der Waals surface area (Å²) >= 11 is 5.93. The number of anilines is 1. The second-order valence-corrected chi connectivity index (χ2v) is 7.21. The van der Waals surface area contributed by atoms with Crippen molar-refractivity contribution in [1.29, 1.82) is 0 Å². The summed E-state index contributed by atoms with van der Waals surface area (Å²) < 4.78 is 0. The maximum atomic E-state index is 9.90. The smallest absolute Gasteiger partial charge is 0.0661 e. The SMILES string of the molecule is OCC1(Nc2ccc(Cl)cc2)CCC2(CCCC2)CC1. The minimum Gasteiger partial charge on any atom is -0.394 e. The van der Waals surface area contributed by atoms with E-state index in [0.29, 0.717) is 5.41 Å². The van der Waals surface area contributed by atoms with E-state index in [0.717, 1.165) is 23.6 Å².